The fraction of sp³-hybridized carbons (Fsp3) is 0.600. The van der Waals surface area contributed by atoms with Crippen LogP contribution in [0.15, 0.2) is 10.9 Å². The Morgan fingerprint density at radius 3 is 2.60 bits per heavy atom. The molecular formula is C10H16N2O2S. The number of nitrogens with one attached hydrogen (secondary N) is 1. The second-order valence-electron chi connectivity index (χ2n) is 3.86. The van der Waals surface area contributed by atoms with Crippen molar-refractivity contribution in [2.24, 2.45) is 5.92 Å². The maximum Gasteiger partial charge on any atom is 0.320 e. The number of carboxylic acid groups (broad SMARTS) is 1. The molecule has 0 saturated carbocycles. The molecule has 0 aliphatic carbocycles. The van der Waals surface area contributed by atoms with E-state index in [1.54, 1.807) is 5.51 Å². The molecule has 1 rings (SSSR count). The lowest BCUT2D eigenvalue weighted by atomic mass is 10.0. The molecule has 5 heteroatoms. The number of aliphatic carboxylic acids is 1. The van der Waals surface area contributed by atoms with Crippen molar-refractivity contribution >= 4 is 17.3 Å². The minimum Gasteiger partial charge on any atom is -0.480 e. The highest BCUT2D eigenvalue weighted by molar-refractivity contribution is 7.07. The highest BCUT2D eigenvalue weighted by Gasteiger charge is 2.23. The quantitative estimate of drug-likeness (QED) is 0.808. The van der Waals surface area contributed by atoms with E-state index in [-0.39, 0.29) is 12.0 Å². The van der Waals surface area contributed by atoms with Gasteiger partial charge in [-0.1, -0.05) is 13.8 Å². The van der Waals surface area contributed by atoms with Gasteiger partial charge in [-0.15, -0.1) is 11.3 Å². The van der Waals surface area contributed by atoms with Crippen LogP contribution in [0.25, 0.3) is 0 Å². The Hall–Kier alpha value is -0.940. The maximum absolute atomic E-state index is 11.0. The van der Waals surface area contributed by atoms with Crippen molar-refractivity contribution in [2.45, 2.75) is 32.9 Å². The first-order valence-electron chi connectivity index (χ1n) is 4.89. The topological polar surface area (TPSA) is 62.2 Å². The monoisotopic (exact) mass is 228 g/mol. The van der Waals surface area contributed by atoms with E-state index < -0.39 is 12.0 Å². The molecule has 0 aliphatic heterocycles. The predicted molar refractivity (Wildman–Crippen MR) is 59.9 cm³/mol. The summed E-state index contributed by atoms with van der Waals surface area (Å²) < 4.78 is 0. The second kappa shape index (κ2) is 5.23. The minimum atomic E-state index is -0.813. The number of aromatic nitrogens is 1. The lowest BCUT2D eigenvalue weighted by molar-refractivity contribution is -0.140. The number of carboxylic acids is 1. The zero-order valence-corrected chi connectivity index (χ0v) is 9.91. The number of carbonyl (C=O) groups is 1. The predicted octanol–water partition coefficient (Wildman–Crippen LogP) is 1.90. The third-order valence-electron chi connectivity index (χ3n) is 2.26. The summed E-state index contributed by atoms with van der Waals surface area (Å²) in [7, 11) is 0. The Bertz CT molecular complexity index is 311. The fourth-order valence-corrected chi connectivity index (χ4v) is 1.99. The molecule has 1 heterocycles. The summed E-state index contributed by atoms with van der Waals surface area (Å²) in [5.74, 6) is -0.754. The minimum absolute atomic E-state index is 0.0280. The zero-order chi connectivity index (χ0) is 11.4. The Balaban J connectivity index is 2.63. The summed E-state index contributed by atoms with van der Waals surface area (Å²) in [6, 6.07) is -0.554. The lowest BCUT2D eigenvalue weighted by Gasteiger charge is -2.21. The first kappa shape index (κ1) is 12.1. The smallest absolute Gasteiger partial charge is 0.320 e. The number of thiazole rings is 1. The summed E-state index contributed by atoms with van der Waals surface area (Å²) in [5, 5.41) is 14.0. The molecule has 0 spiro atoms. The van der Waals surface area contributed by atoms with Crippen LogP contribution in [-0.2, 0) is 4.79 Å². The van der Waals surface area contributed by atoms with Gasteiger partial charge >= 0.3 is 5.97 Å². The Labute approximate surface area is 93.4 Å². The van der Waals surface area contributed by atoms with E-state index in [1.807, 2.05) is 26.2 Å². The molecule has 84 valence electrons. The van der Waals surface area contributed by atoms with Gasteiger partial charge in [-0.2, -0.15) is 0 Å². The first-order chi connectivity index (χ1) is 7.02. The van der Waals surface area contributed by atoms with Crippen LogP contribution in [0.1, 0.15) is 32.5 Å². The van der Waals surface area contributed by atoms with E-state index in [2.05, 4.69) is 10.3 Å². The van der Waals surface area contributed by atoms with Crippen molar-refractivity contribution in [3.05, 3.63) is 16.6 Å². The van der Waals surface area contributed by atoms with Gasteiger partial charge in [0.2, 0.25) is 0 Å². The standard InChI is InChI=1S/C10H16N2O2S/c1-6(2)9(10(13)14)12-7(3)8-4-15-5-11-8/h4-7,9,12H,1-3H3,(H,13,14). The van der Waals surface area contributed by atoms with Gasteiger partial charge in [0.25, 0.3) is 0 Å². The van der Waals surface area contributed by atoms with Crippen LogP contribution in [-0.4, -0.2) is 22.1 Å². The van der Waals surface area contributed by atoms with E-state index in [9.17, 15) is 4.79 Å². The van der Waals surface area contributed by atoms with Crippen molar-refractivity contribution < 1.29 is 9.90 Å². The Morgan fingerprint density at radius 1 is 1.53 bits per heavy atom. The number of hydrogen-bond acceptors (Lipinski definition) is 4. The second-order valence-corrected chi connectivity index (χ2v) is 4.58. The van der Waals surface area contributed by atoms with Crippen molar-refractivity contribution in [1.29, 1.82) is 0 Å². The molecule has 1 aromatic heterocycles. The number of hydrogen-bond donors (Lipinski definition) is 2. The normalized spacial score (nSPS) is 15.2. The van der Waals surface area contributed by atoms with Gasteiger partial charge in [-0.05, 0) is 12.8 Å². The van der Waals surface area contributed by atoms with E-state index in [1.165, 1.54) is 11.3 Å². The summed E-state index contributed by atoms with van der Waals surface area (Å²) in [6.07, 6.45) is 0. The van der Waals surface area contributed by atoms with Crippen LogP contribution in [0.3, 0.4) is 0 Å². The van der Waals surface area contributed by atoms with Gasteiger partial charge in [0, 0.05) is 11.4 Å². The van der Waals surface area contributed by atoms with Crippen molar-refractivity contribution in [3.63, 3.8) is 0 Å². The van der Waals surface area contributed by atoms with Crippen LogP contribution >= 0.6 is 11.3 Å². The molecular weight excluding hydrogens is 212 g/mol. The molecule has 4 nitrogen and oxygen atoms in total. The van der Waals surface area contributed by atoms with Crippen LogP contribution in [0.2, 0.25) is 0 Å². The summed E-state index contributed by atoms with van der Waals surface area (Å²) >= 11 is 1.51. The molecule has 1 aromatic rings. The van der Waals surface area contributed by atoms with Crippen molar-refractivity contribution in [2.75, 3.05) is 0 Å². The lowest BCUT2D eigenvalue weighted by Crippen LogP contribution is -2.42. The fourth-order valence-electron chi connectivity index (χ4n) is 1.34. The molecule has 2 atom stereocenters. The zero-order valence-electron chi connectivity index (χ0n) is 9.10. The summed E-state index contributed by atoms with van der Waals surface area (Å²) in [4.78, 5) is 15.1. The van der Waals surface area contributed by atoms with Gasteiger partial charge < -0.3 is 5.11 Å². The van der Waals surface area contributed by atoms with Crippen LogP contribution in [0.5, 0.6) is 0 Å². The van der Waals surface area contributed by atoms with Gasteiger partial charge in [-0.25, -0.2) is 4.98 Å². The molecule has 0 aliphatic rings. The molecule has 2 unspecified atom stereocenters. The van der Waals surface area contributed by atoms with E-state index >= 15 is 0 Å². The third kappa shape index (κ3) is 3.28. The third-order valence-corrected chi connectivity index (χ3v) is 2.86. The van der Waals surface area contributed by atoms with Gasteiger partial charge in [0.15, 0.2) is 0 Å². The molecule has 0 aromatic carbocycles. The van der Waals surface area contributed by atoms with Crippen molar-refractivity contribution in [1.82, 2.24) is 10.3 Å². The summed E-state index contributed by atoms with van der Waals surface area (Å²) in [5.41, 5.74) is 2.64. The van der Waals surface area contributed by atoms with Gasteiger partial charge in [0.1, 0.15) is 6.04 Å². The molecule has 15 heavy (non-hydrogen) atoms. The highest BCUT2D eigenvalue weighted by atomic mass is 32.1. The average Bonchev–Trinajstić information content (AvgIpc) is 2.65. The number of nitrogens with zero attached hydrogens (tertiary/aromatic N) is 1. The average molecular weight is 228 g/mol. The van der Waals surface area contributed by atoms with E-state index in [0.717, 1.165) is 5.69 Å². The maximum atomic E-state index is 11.0. The van der Waals surface area contributed by atoms with Crippen LogP contribution < -0.4 is 5.32 Å². The van der Waals surface area contributed by atoms with E-state index in [0.29, 0.717) is 0 Å². The van der Waals surface area contributed by atoms with Crippen LogP contribution in [0, 0.1) is 5.92 Å². The SMILES string of the molecule is CC(NC(C(=O)O)C(C)C)c1cscn1. The first-order valence-corrected chi connectivity index (χ1v) is 5.83. The molecule has 0 bridgehead atoms. The molecule has 0 amide bonds. The van der Waals surface area contributed by atoms with Crippen LogP contribution in [0.4, 0.5) is 0 Å². The van der Waals surface area contributed by atoms with Gasteiger partial charge in [-0.3, -0.25) is 10.1 Å². The molecule has 2 N–H and O–H groups in total. The Kier molecular flexibility index (Phi) is 4.23. The van der Waals surface area contributed by atoms with Crippen molar-refractivity contribution in [3.8, 4) is 0 Å². The number of rotatable bonds is 5. The van der Waals surface area contributed by atoms with E-state index in [4.69, 9.17) is 5.11 Å². The molecule has 0 saturated heterocycles. The van der Waals surface area contributed by atoms with Gasteiger partial charge in [0.05, 0.1) is 11.2 Å². The Morgan fingerprint density at radius 2 is 2.20 bits per heavy atom. The molecule has 0 fully saturated rings. The largest absolute Gasteiger partial charge is 0.480 e. The molecule has 0 radical (unpaired) electrons. The highest BCUT2D eigenvalue weighted by Crippen LogP contribution is 2.14. The summed E-state index contributed by atoms with van der Waals surface area (Å²) in [6.45, 7) is 5.70.